The zero-order valence-electron chi connectivity index (χ0n) is 17.2. The highest BCUT2D eigenvalue weighted by molar-refractivity contribution is 5.92. The topological polar surface area (TPSA) is 81.8 Å². The number of rotatable bonds is 6. The summed E-state index contributed by atoms with van der Waals surface area (Å²) in [4.78, 5) is 22.2. The summed E-state index contributed by atoms with van der Waals surface area (Å²) in [6, 6.07) is 0.980. The first-order chi connectivity index (χ1) is 13.6. The molecule has 0 aliphatic carbocycles. The fourth-order valence-electron chi connectivity index (χ4n) is 5.70. The van der Waals surface area contributed by atoms with Gasteiger partial charge in [0.25, 0.3) is 5.91 Å². The van der Waals surface area contributed by atoms with Crippen molar-refractivity contribution in [1.82, 2.24) is 20.1 Å². The predicted octanol–water partition coefficient (Wildman–Crippen LogP) is 1.44. The fraction of sp³-hybridized carbons (Fsp3) is 0.810. The van der Waals surface area contributed by atoms with E-state index in [1.165, 1.54) is 25.7 Å². The lowest BCUT2D eigenvalue weighted by Crippen LogP contribution is -2.65. The minimum absolute atomic E-state index is 0.150. The molecule has 7 nitrogen and oxygen atoms in total. The number of hydrogen-bond acceptors (Lipinski definition) is 6. The van der Waals surface area contributed by atoms with E-state index in [0.717, 1.165) is 26.2 Å². The van der Waals surface area contributed by atoms with Crippen molar-refractivity contribution in [2.75, 3.05) is 39.3 Å². The summed E-state index contributed by atoms with van der Waals surface area (Å²) in [6.45, 7) is 8.70. The van der Waals surface area contributed by atoms with Gasteiger partial charge in [-0.2, -0.15) is 0 Å². The van der Waals surface area contributed by atoms with Gasteiger partial charge in [0.15, 0.2) is 5.89 Å². The van der Waals surface area contributed by atoms with Gasteiger partial charge in [0, 0.05) is 44.7 Å². The maximum Gasteiger partial charge on any atom is 0.289 e. The Labute approximate surface area is 167 Å². The van der Waals surface area contributed by atoms with E-state index in [-0.39, 0.29) is 12.5 Å². The Bertz CT molecular complexity index is 689. The number of aryl methyl sites for hydroxylation is 2. The Hall–Kier alpha value is -1.44. The highest BCUT2D eigenvalue weighted by Gasteiger charge is 2.46. The van der Waals surface area contributed by atoms with Crippen LogP contribution in [-0.2, 0) is 6.42 Å². The first kappa shape index (κ1) is 19.9. The second-order valence-corrected chi connectivity index (χ2v) is 8.69. The quantitative estimate of drug-likeness (QED) is 0.765. The summed E-state index contributed by atoms with van der Waals surface area (Å²) in [5.41, 5.74) is 0.667. The smallest absolute Gasteiger partial charge is 0.289 e. The summed E-state index contributed by atoms with van der Waals surface area (Å²) < 4.78 is 5.63. The van der Waals surface area contributed by atoms with Crippen LogP contribution < -0.4 is 5.32 Å². The minimum Gasteiger partial charge on any atom is -0.435 e. The molecule has 0 saturated carbocycles. The molecule has 0 aromatic carbocycles. The molecule has 156 valence electrons. The molecule has 3 aliphatic rings. The number of aliphatic hydroxyl groups is 1. The molecule has 4 atom stereocenters. The third kappa shape index (κ3) is 3.84. The lowest BCUT2D eigenvalue weighted by atomic mass is 9.72. The molecule has 28 heavy (non-hydrogen) atoms. The van der Waals surface area contributed by atoms with E-state index in [0.29, 0.717) is 54.2 Å². The molecule has 0 spiro atoms. The van der Waals surface area contributed by atoms with Gasteiger partial charge in [0.05, 0.1) is 12.3 Å². The highest BCUT2D eigenvalue weighted by atomic mass is 16.4. The molecule has 2 N–H and O–H groups in total. The maximum absolute atomic E-state index is 12.7. The number of aromatic nitrogens is 1. The van der Waals surface area contributed by atoms with Crippen molar-refractivity contribution in [2.24, 2.45) is 11.8 Å². The molecular weight excluding hydrogens is 356 g/mol. The zero-order valence-corrected chi connectivity index (χ0v) is 17.2. The number of carbonyl (C=O) groups is 1. The molecule has 4 rings (SSSR count). The number of fused-ring (bicyclic) bond motifs is 4. The van der Waals surface area contributed by atoms with Gasteiger partial charge in [-0.05, 0) is 44.6 Å². The van der Waals surface area contributed by atoms with Crippen molar-refractivity contribution < 1.29 is 14.3 Å². The van der Waals surface area contributed by atoms with E-state index in [9.17, 15) is 9.90 Å². The predicted molar refractivity (Wildman–Crippen MR) is 106 cm³/mol. The lowest BCUT2D eigenvalue weighted by molar-refractivity contribution is -0.0718. The summed E-state index contributed by atoms with van der Waals surface area (Å²) in [6.07, 6.45) is 5.75. The van der Waals surface area contributed by atoms with Crippen LogP contribution in [0.25, 0.3) is 0 Å². The molecule has 4 heterocycles. The molecule has 3 aliphatic heterocycles. The number of nitrogens with one attached hydrogen (secondary N) is 1. The van der Waals surface area contributed by atoms with E-state index in [1.54, 1.807) is 0 Å². The van der Waals surface area contributed by atoms with Crippen molar-refractivity contribution >= 4 is 5.91 Å². The second-order valence-electron chi connectivity index (χ2n) is 8.69. The number of β-amino-alcohol motifs (C(OH)–C–C–N with tert-alkyl or cyclic N) is 1. The average Bonchev–Trinajstić information content (AvgIpc) is 3.09. The average molecular weight is 391 g/mol. The highest BCUT2D eigenvalue weighted by Crippen LogP contribution is 2.40. The molecule has 2 bridgehead atoms. The van der Waals surface area contributed by atoms with Crippen molar-refractivity contribution in [3.8, 4) is 0 Å². The van der Waals surface area contributed by atoms with Crippen molar-refractivity contribution in [3.05, 3.63) is 17.3 Å². The number of nitrogens with zero attached hydrogens (tertiary/aromatic N) is 3. The Balaban J connectivity index is 1.46. The summed E-state index contributed by atoms with van der Waals surface area (Å²) in [5.74, 6) is 2.06. The fourth-order valence-corrected chi connectivity index (χ4v) is 5.70. The number of hydrogen-bond donors (Lipinski definition) is 2. The SMILES string of the molecule is CCc1nc(C)c(C(=O)NC[C@H]2[C@H]3C[C@H](CN(CCO)C3)[C@@H]3CCCCN32)o1. The van der Waals surface area contributed by atoms with Crippen LogP contribution in [0.1, 0.15) is 54.7 Å². The standard InChI is InChI=1S/C21H34N4O3/c1-3-19-23-14(2)20(28-19)21(27)22-11-18-16-10-15(12-24(13-16)8-9-26)17-6-4-5-7-25(17)18/h15-18,26H,3-13H2,1-2H3,(H,22,27)/t15-,16+,17+,18+/m1/s1. The molecule has 1 aromatic heterocycles. The van der Waals surface area contributed by atoms with Gasteiger partial charge in [-0.15, -0.1) is 0 Å². The Morgan fingerprint density at radius 1 is 1.32 bits per heavy atom. The van der Waals surface area contributed by atoms with E-state index < -0.39 is 0 Å². The van der Waals surface area contributed by atoms with Crippen LogP contribution in [-0.4, -0.2) is 77.2 Å². The third-order valence-corrected chi connectivity index (χ3v) is 6.93. The molecule has 0 radical (unpaired) electrons. The first-order valence-corrected chi connectivity index (χ1v) is 10.9. The minimum atomic E-state index is -0.150. The van der Waals surface area contributed by atoms with Gasteiger partial charge in [-0.25, -0.2) is 4.98 Å². The monoisotopic (exact) mass is 390 g/mol. The summed E-state index contributed by atoms with van der Waals surface area (Å²) >= 11 is 0. The Kier molecular flexibility index (Phi) is 6.04. The molecular formula is C21H34N4O3. The van der Waals surface area contributed by atoms with Gasteiger partial charge in [0.1, 0.15) is 0 Å². The van der Waals surface area contributed by atoms with Gasteiger partial charge < -0.3 is 19.7 Å². The molecule has 0 unspecified atom stereocenters. The number of piperidine rings is 3. The Morgan fingerprint density at radius 2 is 2.14 bits per heavy atom. The number of aliphatic hydroxyl groups excluding tert-OH is 1. The van der Waals surface area contributed by atoms with Crippen LogP contribution in [0.15, 0.2) is 4.42 Å². The van der Waals surface area contributed by atoms with Gasteiger partial charge in [-0.3, -0.25) is 9.69 Å². The number of carbonyl (C=O) groups excluding carboxylic acids is 1. The van der Waals surface area contributed by atoms with E-state index >= 15 is 0 Å². The van der Waals surface area contributed by atoms with Crippen LogP contribution in [0.4, 0.5) is 0 Å². The number of likely N-dealkylation sites (tertiary alicyclic amines) is 1. The molecule has 3 saturated heterocycles. The van der Waals surface area contributed by atoms with E-state index in [1.807, 2.05) is 13.8 Å². The Morgan fingerprint density at radius 3 is 2.89 bits per heavy atom. The van der Waals surface area contributed by atoms with Crippen LogP contribution in [0, 0.1) is 18.8 Å². The summed E-state index contributed by atoms with van der Waals surface area (Å²) in [5, 5.41) is 12.6. The largest absolute Gasteiger partial charge is 0.435 e. The van der Waals surface area contributed by atoms with Gasteiger partial charge in [0.2, 0.25) is 5.76 Å². The second kappa shape index (κ2) is 8.51. The maximum atomic E-state index is 12.7. The van der Waals surface area contributed by atoms with Crippen molar-refractivity contribution in [1.29, 1.82) is 0 Å². The molecule has 1 amide bonds. The van der Waals surface area contributed by atoms with Crippen LogP contribution in [0.3, 0.4) is 0 Å². The third-order valence-electron chi connectivity index (χ3n) is 6.93. The van der Waals surface area contributed by atoms with Gasteiger partial charge >= 0.3 is 0 Å². The lowest BCUT2D eigenvalue weighted by Gasteiger charge is -2.56. The van der Waals surface area contributed by atoms with E-state index in [4.69, 9.17) is 4.42 Å². The van der Waals surface area contributed by atoms with Crippen LogP contribution in [0.5, 0.6) is 0 Å². The number of oxazole rings is 1. The van der Waals surface area contributed by atoms with Crippen LogP contribution in [0.2, 0.25) is 0 Å². The molecule has 7 heteroatoms. The van der Waals surface area contributed by atoms with Crippen molar-refractivity contribution in [3.63, 3.8) is 0 Å². The number of amides is 1. The van der Waals surface area contributed by atoms with Crippen molar-refractivity contribution in [2.45, 2.75) is 58.0 Å². The molecule has 1 aromatic rings. The van der Waals surface area contributed by atoms with E-state index in [2.05, 4.69) is 20.1 Å². The first-order valence-electron chi connectivity index (χ1n) is 10.9. The zero-order chi connectivity index (χ0) is 19.7. The van der Waals surface area contributed by atoms with Gasteiger partial charge in [-0.1, -0.05) is 13.3 Å². The summed E-state index contributed by atoms with van der Waals surface area (Å²) in [7, 11) is 0. The normalized spacial score (nSPS) is 30.8. The molecule has 3 fully saturated rings. The van der Waals surface area contributed by atoms with Crippen LogP contribution >= 0.6 is 0 Å².